The number of aromatic nitrogens is 4. The predicted molar refractivity (Wildman–Crippen MR) is 131 cm³/mol. The van der Waals surface area contributed by atoms with Crippen molar-refractivity contribution in [1.29, 1.82) is 0 Å². The van der Waals surface area contributed by atoms with Gasteiger partial charge in [-0.1, -0.05) is 47.0 Å². The SMILES string of the molecule is Cc1ccc(C(=O)OC[C@@H]2O[C@H](n3cnc4ncnc(Cl)c43)C[C@@H]2OC(=O)c2ccc(C)cc2)cc1. The third-order valence-electron chi connectivity index (χ3n) is 6.02. The lowest BCUT2D eigenvalue weighted by molar-refractivity contribution is -0.0562. The van der Waals surface area contributed by atoms with Crippen molar-refractivity contribution in [2.24, 2.45) is 0 Å². The maximum Gasteiger partial charge on any atom is 0.338 e. The first-order valence-electron chi connectivity index (χ1n) is 11.4. The Bertz CT molecular complexity index is 1400. The molecule has 0 bridgehead atoms. The zero-order valence-electron chi connectivity index (χ0n) is 19.6. The van der Waals surface area contributed by atoms with Crippen LogP contribution in [0.25, 0.3) is 11.2 Å². The Morgan fingerprint density at radius 1 is 0.972 bits per heavy atom. The number of esters is 2. The van der Waals surface area contributed by atoms with Crippen LogP contribution in [0.3, 0.4) is 0 Å². The highest BCUT2D eigenvalue weighted by molar-refractivity contribution is 6.33. The molecule has 0 unspecified atom stereocenters. The van der Waals surface area contributed by atoms with Crippen molar-refractivity contribution in [3.63, 3.8) is 0 Å². The Labute approximate surface area is 212 Å². The average Bonchev–Trinajstić information content (AvgIpc) is 3.48. The molecule has 10 heteroatoms. The van der Waals surface area contributed by atoms with Crippen LogP contribution >= 0.6 is 11.6 Å². The first-order chi connectivity index (χ1) is 17.4. The molecule has 1 aliphatic rings. The molecule has 36 heavy (non-hydrogen) atoms. The molecular weight excluding hydrogens is 484 g/mol. The van der Waals surface area contributed by atoms with Gasteiger partial charge in [-0.05, 0) is 38.1 Å². The van der Waals surface area contributed by atoms with Crippen molar-refractivity contribution in [2.45, 2.75) is 38.7 Å². The fraction of sp³-hybridized carbons (Fsp3) is 0.269. The summed E-state index contributed by atoms with van der Waals surface area (Å²) in [7, 11) is 0. The number of carbonyl (C=O) groups excluding carboxylic acids is 2. The second-order valence-corrected chi connectivity index (χ2v) is 8.99. The van der Waals surface area contributed by atoms with Crippen molar-refractivity contribution in [1.82, 2.24) is 19.5 Å². The van der Waals surface area contributed by atoms with Crippen LogP contribution in [-0.4, -0.2) is 50.3 Å². The highest BCUT2D eigenvalue weighted by Crippen LogP contribution is 2.34. The molecule has 0 amide bonds. The Morgan fingerprint density at radius 2 is 1.61 bits per heavy atom. The van der Waals surface area contributed by atoms with Crippen LogP contribution in [0.5, 0.6) is 0 Å². The summed E-state index contributed by atoms with van der Waals surface area (Å²) >= 11 is 6.29. The minimum absolute atomic E-state index is 0.105. The Morgan fingerprint density at radius 3 is 2.28 bits per heavy atom. The van der Waals surface area contributed by atoms with Crippen molar-refractivity contribution >= 4 is 34.7 Å². The molecule has 3 atom stereocenters. The van der Waals surface area contributed by atoms with E-state index in [1.54, 1.807) is 35.2 Å². The van der Waals surface area contributed by atoms with Crippen molar-refractivity contribution in [3.05, 3.63) is 88.6 Å². The molecule has 0 saturated carbocycles. The Hall–Kier alpha value is -3.82. The number of carbonyl (C=O) groups is 2. The zero-order valence-corrected chi connectivity index (χ0v) is 20.4. The average molecular weight is 507 g/mol. The smallest absolute Gasteiger partial charge is 0.338 e. The van der Waals surface area contributed by atoms with E-state index in [9.17, 15) is 9.59 Å². The molecule has 5 rings (SSSR count). The highest BCUT2D eigenvalue weighted by atomic mass is 35.5. The summed E-state index contributed by atoms with van der Waals surface area (Å²) in [5.41, 5.74) is 3.83. The Balaban J connectivity index is 1.36. The molecule has 0 N–H and O–H groups in total. The van der Waals surface area contributed by atoms with Crippen molar-refractivity contribution in [2.75, 3.05) is 6.61 Å². The lowest BCUT2D eigenvalue weighted by Gasteiger charge is -2.19. The summed E-state index contributed by atoms with van der Waals surface area (Å²) in [6, 6.07) is 14.2. The zero-order chi connectivity index (χ0) is 25.2. The monoisotopic (exact) mass is 506 g/mol. The first-order valence-corrected chi connectivity index (χ1v) is 11.8. The number of halogens is 1. The van der Waals surface area contributed by atoms with Gasteiger partial charge in [-0.15, -0.1) is 0 Å². The van der Waals surface area contributed by atoms with Gasteiger partial charge < -0.3 is 14.2 Å². The molecule has 1 fully saturated rings. The number of hydrogen-bond acceptors (Lipinski definition) is 8. The minimum atomic E-state index is -0.709. The van der Waals surface area contributed by atoms with Gasteiger partial charge in [0.05, 0.1) is 17.5 Å². The number of hydrogen-bond donors (Lipinski definition) is 0. The van der Waals surface area contributed by atoms with Gasteiger partial charge in [0, 0.05) is 6.42 Å². The van der Waals surface area contributed by atoms with E-state index < -0.39 is 30.4 Å². The summed E-state index contributed by atoms with van der Waals surface area (Å²) in [5, 5.41) is 0.226. The molecule has 2 aromatic carbocycles. The maximum absolute atomic E-state index is 12.9. The molecule has 0 spiro atoms. The largest absolute Gasteiger partial charge is 0.459 e. The number of imidazole rings is 1. The fourth-order valence-corrected chi connectivity index (χ4v) is 4.26. The fourth-order valence-electron chi connectivity index (χ4n) is 4.03. The second-order valence-electron chi connectivity index (χ2n) is 8.63. The standard InChI is InChI=1S/C26H23ClN4O5/c1-15-3-7-17(8-4-15)25(32)34-12-20-19(36-26(33)18-9-5-16(2)6-10-18)11-21(35-20)31-14-30-24-22(31)23(27)28-13-29-24/h3-10,13-14,19-21H,11-12H2,1-2H3/t19-,20-,21-/m0/s1. The van der Waals surface area contributed by atoms with E-state index in [0.29, 0.717) is 28.7 Å². The molecule has 0 aliphatic carbocycles. The minimum Gasteiger partial charge on any atom is -0.459 e. The summed E-state index contributed by atoms with van der Waals surface area (Å²) in [6.45, 7) is 3.77. The van der Waals surface area contributed by atoms with Crippen molar-refractivity contribution in [3.8, 4) is 0 Å². The van der Waals surface area contributed by atoms with Crippen LogP contribution in [0.15, 0.2) is 61.2 Å². The molecule has 184 valence electrons. The van der Waals surface area contributed by atoms with E-state index in [2.05, 4.69) is 15.0 Å². The van der Waals surface area contributed by atoms with E-state index in [-0.39, 0.29) is 11.8 Å². The predicted octanol–water partition coefficient (Wildman–Crippen LogP) is 4.47. The van der Waals surface area contributed by atoms with Crippen LogP contribution in [-0.2, 0) is 14.2 Å². The van der Waals surface area contributed by atoms with E-state index in [0.717, 1.165) is 11.1 Å². The number of nitrogens with zero attached hydrogens (tertiary/aromatic N) is 4. The molecule has 1 aliphatic heterocycles. The second kappa shape index (κ2) is 10.0. The van der Waals surface area contributed by atoms with Crippen LogP contribution in [0, 0.1) is 13.8 Å². The number of rotatable bonds is 6. The van der Waals surface area contributed by atoms with Crippen LogP contribution in [0.2, 0.25) is 5.15 Å². The van der Waals surface area contributed by atoms with E-state index in [1.165, 1.54) is 6.33 Å². The third kappa shape index (κ3) is 4.93. The molecule has 4 aromatic rings. The number of aryl methyl sites for hydroxylation is 2. The van der Waals surface area contributed by atoms with Gasteiger partial charge in [0.25, 0.3) is 0 Å². The van der Waals surface area contributed by atoms with Gasteiger partial charge in [-0.25, -0.2) is 24.5 Å². The molecule has 0 radical (unpaired) electrons. The van der Waals surface area contributed by atoms with Crippen LogP contribution < -0.4 is 0 Å². The first kappa shape index (κ1) is 23.9. The van der Waals surface area contributed by atoms with Gasteiger partial charge in [0.1, 0.15) is 36.9 Å². The van der Waals surface area contributed by atoms with Crippen LogP contribution in [0.1, 0.15) is 44.5 Å². The molecule has 2 aromatic heterocycles. The van der Waals surface area contributed by atoms with E-state index in [4.69, 9.17) is 25.8 Å². The van der Waals surface area contributed by atoms with Gasteiger partial charge in [0.15, 0.2) is 10.8 Å². The molecular formula is C26H23ClN4O5. The van der Waals surface area contributed by atoms with Gasteiger partial charge in [0.2, 0.25) is 0 Å². The molecule has 1 saturated heterocycles. The topological polar surface area (TPSA) is 105 Å². The summed E-state index contributed by atoms with van der Waals surface area (Å²) in [6.07, 6.45) is 1.19. The van der Waals surface area contributed by atoms with Crippen molar-refractivity contribution < 1.29 is 23.8 Å². The highest BCUT2D eigenvalue weighted by Gasteiger charge is 2.40. The van der Waals surface area contributed by atoms with Gasteiger partial charge in [-0.3, -0.25) is 4.57 Å². The summed E-state index contributed by atoms with van der Waals surface area (Å²) < 4.78 is 19.2. The number of fused-ring (bicyclic) bond motifs is 1. The van der Waals surface area contributed by atoms with Crippen LogP contribution in [0.4, 0.5) is 0 Å². The number of ether oxygens (including phenoxy) is 3. The number of benzene rings is 2. The maximum atomic E-state index is 12.9. The summed E-state index contributed by atoms with van der Waals surface area (Å²) in [4.78, 5) is 37.9. The lowest BCUT2D eigenvalue weighted by Crippen LogP contribution is -2.32. The normalized spacial score (nSPS) is 19.4. The third-order valence-corrected chi connectivity index (χ3v) is 6.30. The van der Waals surface area contributed by atoms with E-state index in [1.807, 2.05) is 38.1 Å². The van der Waals surface area contributed by atoms with Gasteiger partial charge >= 0.3 is 11.9 Å². The van der Waals surface area contributed by atoms with E-state index >= 15 is 0 Å². The lowest BCUT2D eigenvalue weighted by atomic mass is 10.1. The quantitative estimate of drug-likeness (QED) is 0.278. The summed E-state index contributed by atoms with van der Waals surface area (Å²) in [5.74, 6) is -0.980. The Kier molecular flexibility index (Phi) is 6.67. The molecule has 3 heterocycles. The molecule has 9 nitrogen and oxygen atoms in total. The van der Waals surface area contributed by atoms with Gasteiger partial charge in [-0.2, -0.15) is 0 Å².